The Hall–Kier alpha value is -3.06. The van der Waals surface area contributed by atoms with Crippen LogP contribution < -0.4 is 9.47 Å². The number of carbonyl (C=O) groups excluding carboxylic acids is 1. The highest BCUT2D eigenvalue weighted by Gasteiger charge is 2.19. The second-order valence-corrected chi connectivity index (χ2v) is 7.91. The van der Waals surface area contributed by atoms with E-state index in [0.717, 1.165) is 16.5 Å². The first-order chi connectivity index (χ1) is 14.4. The van der Waals surface area contributed by atoms with E-state index < -0.39 is 5.97 Å². The first kappa shape index (κ1) is 21.6. The number of hydrogen-bond donors (Lipinski definition) is 2. The Morgan fingerprint density at radius 1 is 1.07 bits per heavy atom. The number of phenols is 1. The Bertz CT molecular complexity index is 1070. The molecule has 0 aliphatic heterocycles. The zero-order chi connectivity index (χ0) is 21.7. The third-order valence-electron chi connectivity index (χ3n) is 4.66. The molecule has 3 aromatic rings. The fourth-order valence-corrected chi connectivity index (χ4v) is 4.24. The maximum absolute atomic E-state index is 11.7. The molecule has 0 aliphatic carbocycles. The van der Waals surface area contributed by atoms with Crippen molar-refractivity contribution in [1.29, 1.82) is 0 Å². The molecule has 0 atom stereocenters. The SMILES string of the molecule is CCCc1c(OCCCOc2c(C(=O)O)sc3ccccc23)ccc(C(C)=O)c1O. The molecule has 7 heteroatoms. The summed E-state index contributed by atoms with van der Waals surface area (Å²) >= 11 is 1.19. The molecule has 0 saturated carbocycles. The van der Waals surface area contributed by atoms with Gasteiger partial charge in [-0.3, -0.25) is 4.79 Å². The largest absolute Gasteiger partial charge is 0.507 e. The van der Waals surface area contributed by atoms with Crippen molar-refractivity contribution in [3.63, 3.8) is 0 Å². The van der Waals surface area contributed by atoms with E-state index in [2.05, 4.69) is 0 Å². The summed E-state index contributed by atoms with van der Waals surface area (Å²) in [5.74, 6) is -0.284. The van der Waals surface area contributed by atoms with Gasteiger partial charge in [0.15, 0.2) is 16.4 Å². The zero-order valence-corrected chi connectivity index (χ0v) is 17.8. The van der Waals surface area contributed by atoms with Gasteiger partial charge in [-0.25, -0.2) is 4.79 Å². The minimum absolute atomic E-state index is 0.0195. The molecule has 0 fully saturated rings. The number of ether oxygens (including phenoxy) is 2. The second kappa shape index (κ2) is 9.63. The lowest BCUT2D eigenvalue weighted by Gasteiger charge is -2.15. The molecular weight excluding hydrogens is 404 g/mol. The average molecular weight is 429 g/mol. The van der Waals surface area contributed by atoms with Crippen molar-refractivity contribution in [2.45, 2.75) is 33.1 Å². The number of benzene rings is 2. The molecule has 158 valence electrons. The summed E-state index contributed by atoms with van der Waals surface area (Å²) in [5.41, 5.74) is 0.919. The molecule has 0 bridgehead atoms. The van der Waals surface area contributed by atoms with Crippen LogP contribution in [0.5, 0.6) is 17.2 Å². The van der Waals surface area contributed by atoms with Gasteiger partial charge in [-0.15, -0.1) is 11.3 Å². The molecule has 30 heavy (non-hydrogen) atoms. The van der Waals surface area contributed by atoms with Gasteiger partial charge in [0.2, 0.25) is 0 Å². The molecule has 2 aromatic carbocycles. The highest BCUT2D eigenvalue weighted by molar-refractivity contribution is 7.21. The van der Waals surface area contributed by atoms with E-state index in [4.69, 9.17) is 9.47 Å². The molecule has 6 nitrogen and oxygen atoms in total. The van der Waals surface area contributed by atoms with Crippen molar-refractivity contribution in [3.05, 3.63) is 52.4 Å². The van der Waals surface area contributed by atoms with Crippen LogP contribution in [-0.4, -0.2) is 35.2 Å². The van der Waals surface area contributed by atoms with E-state index in [1.807, 2.05) is 31.2 Å². The van der Waals surface area contributed by atoms with Crippen LogP contribution in [0, 0.1) is 0 Å². The van der Waals surface area contributed by atoms with Crippen molar-refractivity contribution in [3.8, 4) is 17.2 Å². The van der Waals surface area contributed by atoms with Gasteiger partial charge >= 0.3 is 5.97 Å². The lowest BCUT2D eigenvalue weighted by atomic mass is 10.0. The quantitative estimate of drug-likeness (QED) is 0.336. The molecular formula is C23H24O6S. The summed E-state index contributed by atoms with van der Waals surface area (Å²) in [7, 11) is 0. The van der Waals surface area contributed by atoms with Gasteiger partial charge in [-0.2, -0.15) is 0 Å². The van der Waals surface area contributed by atoms with Gasteiger partial charge in [0.25, 0.3) is 0 Å². The number of ketones is 1. The topological polar surface area (TPSA) is 93.1 Å². The first-order valence-electron chi connectivity index (χ1n) is 9.80. The lowest BCUT2D eigenvalue weighted by molar-refractivity contribution is 0.0697. The highest BCUT2D eigenvalue weighted by Crippen LogP contribution is 2.38. The number of phenolic OH excluding ortho intramolecular Hbond substituents is 1. The van der Waals surface area contributed by atoms with Crippen LogP contribution in [-0.2, 0) is 6.42 Å². The van der Waals surface area contributed by atoms with Crippen molar-refractivity contribution in [2.24, 2.45) is 0 Å². The Labute approximate surface area is 178 Å². The van der Waals surface area contributed by atoms with Crippen LogP contribution in [0.2, 0.25) is 0 Å². The van der Waals surface area contributed by atoms with Crippen LogP contribution >= 0.6 is 11.3 Å². The molecule has 2 N–H and O–H groups in total. The van der Waals surface area contributed by atoms with Gasteiger partial charge in [0.1, 0.15) is 11.5 Å². The van der Waals surface area contributed by atoms with Gasteiger partial charge in [0.05, 0.1) is 18.8 Å². The van der Waals surface area contributed by atoms with Crippen LogP contribution in [0.25, 0.3) is 10.1 Å². The zero-order valence-electron chi connectivity index (χ0n) is 16.9. The monoisotopic (exact) mass is 428 g/mol. The van der Waals surface area contributed by atoms with Gasteiger partial charge in [-0.05, 0) is 37.6 Å². The summed E-state index contributed by atoms with van der Waals surface area (Å²) in [6, 6.07) is 10.7. The van der Waals surface area contributed by atoms with Gasteiger partial charge < -0.3 is 19.7 Å². The molecule has 0 radical (unpaired) electrons. The minimum atomic E-state index is -1.01. The summed E-state index contributed by atoms with van der Waals surface area (Å²) in [6.07, 6.45) is 1.93. The van der Waals surface area contributed by atoms with E-state index in [-0.39, 0.29) is 16.4 Å². The van der Waals surface area contributed by atoms with Gasteiger partial charge in [-0.1, -0.05) is 25.5 Å². The van der Waals surface area contributed by atoms with E-state index in [1.165, 1.54) is 18.3 Å². The number of carboxylic acid groups (broad SMARTS) is 1. The summed E-state index contributed by atoms with van der Waals surface area (Å²) in [4.78, 5) is 23.4. The third kappa shape index (κ3) is 4.57. The Balaban J connectivity index is 1.64. The smallest absolute Gasteiger partial charge is 0.349 e. The lowest BCUT2D eigenvalue weighted by Crippen LogP contribution is -2.08. The number of aromatic hydroxyl groups is 1. The maximum atomic E-state index is 11.7. The van der Waals surface area contributed by atoms with E-state index >= 15 is 0 Å². The average Bonchev–Trinajstić information content (AvgIpc) is 3.09. The number of hydrogen-bond acceptors (Lipinski definition) is 6. The highest BCUT2D eigenvalue weighted by atomic mass is 32.1. The number of fused-ring (bicyclic) bond motifs is 1. The number of rotatable bonds is 10. The third-order valence-corrected chi connectivity index (χ3v) is 5.80. The Morgan fingerprint density at radius 3 is 2.50 bits per heavy atom. The fraction of sp³-hybridized carbons (Fsp3) is 0.304. The summed E-state index contributed by atoms with van der Waals surface area (Å²) in [6.45, 7) is 4.03. The maximum Gasteiger partial charge on any atom is 0.349 e. The molecule has 0 unspecified atom stereocenters. The van der Waals surface area contributed by atoms with E-state index in [1.54, 1.807) is 12.1 Å². The molecule has 1 heterocycles. The molecule has 0 saturated heterocycles. The molecule has 3 rings (SSSR count). The Morgan fingerprint density at radius 2 is 1.80 bits per heavy atom. The molecule has 0 aliphatic rings. The normalized spacial score (nSPS) is 10.9. The number of carbonyl (C=O) groups is 2. The van der Waals surface area contributed by atoms with Crippen molar-refractivity contribution < 1.29 is 29.3 Å². The molecule has 1 aromatic heterocycles. The number of carboxylic acids is 1. The fourth-order valence-electron chi connectivity index (χ4n) is 3.25. The van der Waals surface area contributed by atoms with Crippen LogP contribution in [0.4, 0.5) is 0 Å². The molecule has 0 amide bonds. The van der Waals surface area contributed by atoms with Gasteiger partial charge in [0, 0.05) is 22.1 Å². The first-order valence-corrected chi connectivity index (χ1v) is 10.6. The second-order valence-electron chi connectivity index (χ2n) is 6.86. The van der Waals surface area contributed by atoms with Crippen molar-refractivity contribution in [2.75, 3.05) is 13.2 Å². The Kier molecular flexibility index (Phi) is 6.95. The predicted molar refractivity (Wildman–Crippen MR) is 116 cm³/mol. The molecule has 0 spiro atoms. The van der Waals surface area contributed by atoms with Crippen molar-refractivity contribution >= 4 is 33.2 Å². The minimum Gasteiger partial charge on any atom is -0.507 e. The standard InChI is InChI=1S/C23H24O6S/c1-3-7-16-18(11-10-15(14(2)24)20(16)25)28-12-6-13-29-21-17-8-4-5-9-19(17)30-22(21)23(26)27/h4-5,8-11,25H,3,6-7,12-13H2,1-2H3,(H,26,27). The number of Topliss-reactive ketones (excluding diaryl/α,β-unsaturated/α-hetero) is 1. The summed E-state index contributed by atoms with van der Waals surface area (Å²) in [5, 5.41) is 20.6. The number of aromatic carboxylic acids is 1. The summed E-state index contributed by atoms with van der Waals surface area (Å²) < 4.78 is 12.5. The predicted octanol–water partition coefficient (Wildman–Crippen LogP) is 5.31. The van der Waals surface area contributed by atoms with E-state index in [9.17, 15) is 19.8 Å². The number of thiophene rings is 1. The van der Waals surface area contributed by atoms with Crippen LogP contribution in [0.15, 0.2) is 36.4 Å². The van der Waals surface area contributed by atoms with Crippen LogP contribution in [0.1, 0.15) is 52.3 Å². The van der Waals surface area contributed by atoms with Crippen molar-refractivity contribution in [1.82, 2.24) is 0 Å². The van der Waals surface area contributed by atoms with Crippen LogP contribution in [0.3, 0.4) is 0 Å². The van der Waals surface area contributed by atoms with E-state index in [0.29, 0.717) is 48.7 Å².